The second kappa shape index (κ2) is 18.2. The normalized spacial score (nSPS) is 16.8. The number of piperazine rings is 1. The molecule has 1 amide bonds. The number of amides is 1. The van der Waals surface area contributed by atoms with Crippen LogP contribution in [0.3, 0.4) is 0 Å². The largest absolute Gasteiger partial charge is 0.381 e. The maximum absolute atomic E-state index is 15.4. The smallest absolute Gasteiger partial charge is 0.253 e. The van der Waals surface area contributed by atoms with E-state index in [-0.39, 0.29) is 29.7 Å². The average Bonchev–Trinajstić information content (AvgIpc) is 3.63. The van der Waals surface area contributed by atoms with E-state index in [4.69, 9.17) is 21.3 Å². The molecule has 2 aromatic heterocycles. The van der Waals surface area contributed by atoms with Crippen LogP contribution in [0.25, 0.3) is 22.2 Å². The number of benzene rings is 3. The van der Waals surface area contributed by atoms with Crippen LogP contribution in [0.5, 0.6) is 0 Å². The van der Waals surface area contributed by atoms with Crippen molar-refractivity contribution in [2.24, 2.45) is 0 Å². The summed E-state index contributed by atoms with van der Waals surface area (Å²) in [6.45, 7) is 11.1. The lowest BCUT2D eigenvalue weighted by Gasteiger charge is -2.31. The van der Waals surface area contributed by atoms with E-state index in [1.807, 2.05) is 38.1 Å². The molecule has 0 bridgehead atoms. The molecule has 0 spiro atoms. The highest BCUT2D eigenvalue weighted by molar-refractivity contribution is 7.89. The Morgan fingerprint density at radius 1 is 1.03 bits per heavy atom. The van der Waals surface area contributed by atoms with E-state index in [0.717, 1.165) is 62.1 Å². The number of nitrogens with one attached hydrogen (secondary N) is 4. The first-order chi connectivity index (χ1) is 27.9. The fourth-order valence-electron chi connectivity index (χ4n) is 7.69. The van der Waals surface area contributed by atoms with Gasteiger partial charge in [0.25, 0.3) is 5.91 Å². The number of sulfonamides is 1. The standard InChI is InChI=1S/C42H49ClF2N8O4S/c1-4-38-33(40(50-30-11-15-57-16-12-30)34-22-48-53(5-2)41(34)51-38)23-49-58(55,56)39-19-32(35(43)20-37(39)45)42(54)47-21-27-9-10-36(44)31(18-27)29-8-6-7-28(17-29)25-52-14-13-46-26(3)24-52/h6-10,17-20,22,26,30,46,49H,4-5,11-16,21,23-25H2,1-3H3,(H,47,54)(H,50,51)/t26-/m0/s1. The molecule has 0 radical (unpaired) electrons. The number of carbonyl (C=O) groups is 1. The molecule has 16 heteroatoms. The van der Waals surface area contributed by atoms with Gasteiger partial charge in [-0.25, -0.2) is 31.6 Å². The van der Waals surface area contributed by atoms with Crippen LogP contribution in [0.4, 0.5) is 14.5 Å². The van der Waals surface area contributed by atoms with Crippen molar-refractivity contribution in [3.8, 4) is 11.1 Å². The van der Waals surface area contributed by atoms with Crippen LogP contribution >= 0.6 is 11.6 Å². The molecule has 0 aliphatic carbocycles. The van der Waals surface area contributed by atoms with Gasteiger partial charge in [0.1, 0.15) is 16.5 Å². The number of carbonyl (C=O) groups excluding carboxylic acids is 1. The molecular weight excluding hydrogens is 786 g/mol. The number of aromatic nitrogens is 3. The van der Waals surface area contributed by atoms with Crippen molar-refractivity contribution >= 4 is 44.3 Å². The van der Waals surface area contributed by atoms with Crippen molar-refractivity contribution < 1.29 is 26.7 Å². The number of aryl methyl sites for hydroxylation is 2. The minimum atomic E-state index is -4.52. The summed E-state index contributed by atoms with van der Waals surface area (Å²) in [6, 6.07) is 14.6. The lowest BCUT2D eigenvalue weighted by atomic mass is 10.00. The third-order valence-electron chi connectivity index (χ3n) is 10.8. The number of pyridine rings is 1. The summed E-state index contributed by atoms with van der Waals surface area (Å²) in [4.78, 5) is 20.0. The van der Waals surface area contributed by atoms with Crippen LogP contribution in [-0.4, -0.2) is 78.9 Å². The molecule has 4 N–H and O–H groups in total. The van der Waals surface area contributed by atoms with Gasteiger partial charge in [-0.1, -0.05) is 42.8 Å². The Labute approximate surface area is 342 Å². The fourth-order valence-corrected chi connectivity index (χ4v) is 9.00. The van der Waals surface area contributed by atoms with Gasteiger partial charge in [0.2, 0.25) is 10.0 Å². The first kappa shape index (κ1) is 41.6. The number of fused-ring (bicyclic) bond motifs is 1. The molecule has 2 aliphatic rings. The van der Waals surface area contributed by atoms with E-state index in [9.17, 15) is 13.2 Å². The summed E-state index contributed by atoms with van der Waals surface area (Å²) in [5.41, 5.74) is 5.21. The Balaban J connectivity index is 1.08. The highest BCUT2D eigenvalue weighted by Crippen LogP contribution is 2.32. The summed E-state index contributed by atoms with van der Waals surface area (Å²) in [7, 11) is -4.52. The van der Waals surface area contributed by atoms with Crippen LogP contribution in [0.2, 0.25) is 5.02 Å². The maximum Gasteiger partial charge on any atom is 0.253 e. The minimum Gasteiger partial charge on any atom is -0.381 e. The number of rotatable bonds is 14. The molecule has 2 aliphatic heterocycles. The van der Waals surface area contributed by atoms with E-state index in [1.54, 1.807) is 23.0 Å². The maximum atomic E-state index is 15.4. The van der Waals surface area contributed by atoms with Crippen molar-refractivity contribution in [2.75, 3.05) is 38.2 Å². The number of anilines is 1. The topological polar surface area (TPSA) is 143 Å². The van der Waals surface area contributed by atoms with Crippen molar-refractivity contribution in [1.82, 2.24) is 35.0 Å². The summed E-state index contributed by atoms with van der Waals surface area (Å²) in [6.07, 6.45) is 3.76. The van der Waals surface area contributed by atoms with Gasteiger partial charge in [0.05, 0.1) is 27.9 Å². The van der Waals surface area contributed by atoms with Crippen LogP contribution < -0.4 is 20.7 Å². The van der Waals surface area contributed by atoms with Gasteiger partial charge in [-0.05, 0) is 80.1 Å². The number of ether oxygens (including phenoxy) is 1. The second-order valence-corrected chi connectivity index (χ2v) is 17.0. The predicted octanol–water partition coefficient (Wildman–Crippen LogP) is 6.41. The third-order valence-corrected chi connectivity index (χ3v) is 12.5. The zero-order valence-electron chi connectivity index (χ0n) is 32.9. The van der Waals surface area contributed by atoms with Crippen LogP contribution in [0.15, 0.2) is 65.7 Å². The van der Waals surface area contributed by atoms with E-state index in [0.29, 0.717) is 71.5 Å². The van der Waals surface area contributed by atoms with Gasteiger partial charge in [-0.15, -0.1) is 0 Å². The molecule has 2 fully saturated rings. The van der Waals surface area contributed by atoms with E-state index in [2.05, 4.69) is 37.6 Å². The Bertz CT molecular complexity index is 2410. The molecule has 3 aromatic carbocycles. The van der Waals surface area contributed by atoms with Crippen molar-refractivity contribution in [1.29, 1.82) is 0 Å². The van der Waals surface area contributed by atoms with E-state index >= 15 is 8.78 Å². The summed E-state index contributed by atoms with van der Waals surface area (Å²) in [5, 5.41) is 14.8. The molecular formula is C42H49ClF2N8O4S. The van der Waals surface area contributed by atoms with Gasteiger partial charge in [0, 0.05) is 87.9 Å². The Hall–Kier alpha value is -4.51. The average molecular weight is 835 g/mol. The Morgan fingerprint density at radius 3 is 2.60 bits per heavy atom. The summed E-state index contributed by atoms with van der Waals surface area (Å²) >= 11 is 6.34. The molecule has 12 nitrogen and oxygen atoms in total. The SMILES string of the molecule is CCc1nc2c(cnn2CC)c(NC2CCOCC2)c1CNS(=O)(=O)c1cc(C(=O)NCc2ccc(F)c(-c3cccc(CN4CCN[C@@H](C)C4)c3)c2)c(Cl)cc1F. The molecule has 2 saturated heterocycles. The monoisotopic (exact) mass is 834 g/mol. The van der Waals surface area contributed by atoms with Gasteiger partial charge in [-0.2, -0.15) is 5.10 Å². The first-order valence-corrected chi connectivity index (χ1v) is 21.6. The van der Waals surface area contributed by atoms with Gasteiger partial charge >= 0.3 is 0 Å². The highest BCUT2D eigenvalue weighted by Gasteiger charge is 2.27. The molecule has 0 saturated carbocycles. The Morgan fingerprint density at radius 2 is 1.84 bits per heavy atom. The molecule has 5 aromatic rings. The minimum absolute atomic E-state index is 0.0225. The van der Waals surface area contributed by atoms with Crippen molar-refractivity contribution in [2.45, 2.75) is 83.2 Å². The Kier molecular flexibility index (Phi) is 13.1. The second-order valence-electron chi connectivity index (χ2n) is 14.9. The molecule has 58 heavy (non-hydrogen) atoms. The third kappa shape index (κ3) is 9.35. The number of hydrogen-bond acceptors (Lipinski definition) is 9. The fraction of sp³-hybridized carbons (Fsp3) is 0.405. The van der Waals surface area contributed by atoms with Crippen molar-refractivity contribution in [3.05, 3.63) is 105 Å². The van der Waals surface area contributed by atoms with E-state index < -0.39 is 32.5 Å². The lowest BCUT2D eigenvalue weighted by Crippen LogP contribution is -2.48. The zero-order chi connectivity index (χ0) is 41.0. The van der Waals surface area contributed by atoms with Gasteiger partial charge in [-0.3, -0.25) is 9.69 Å². The quantitative estimate of drug-likeness (QED) is 0.1000. The number of halogens is 3. The van der Waals surface area contributed by atoms with Gasteiger partial charge < -0.3 is 20.7 Å². The molecule has 308 valence electrons. The zero-order valence-corrected chi connectivity index (χ0v) is 34.4. The first-order valence-electron chi connectivity index (χ1n) is 19.8. The van der Waals surface area contributed by atoms with Crippen LogP contribution in [0, 0.1) is 11.6 Å². The summed E-state index contributed by atoms with van der Waals surface area (Å²) in [5.74, 6) is -2.24. The predicted molar refractivity (Wildman–Crippen MR) is 221 cm³/mol. The highest BCUT2D eigenvalue weighted by atomic mass is 35.5. The van der Waals surface area contributed by atoms with Crippen LogP contribution in [0.1, 0.15) is 66.4 Å². The molecule has 0 unspecified atom stereocenters. The lowest BCUT2D eigenvalue weighted by molar-refractivity contribution is 0.0904. The van der Waals surface area contributed by atoms with Crippen LogP contribution in [-0.2, 0) is 47.4 Å². The van der Waals surface area contributed by atoms with Gasteiger partial charge in [0.15, 0.2) is 5.65 Å². The summed E-state index contributed by atoms with van der Waals surface area (Å²) < 4.78 is 68.2. The number of nitrogens with zero attached hydrogens (tertiary/aromatic N) is 4. The molecule has 1 atom stereocenters. The molecule has 4 heterocycles. The molecule has 7 rings (SSSR count). The van der Waals surface area contributed by atoms with E-state index in [1.165, 1.54) is 6.07 Å². The van der Waals surface area contributed by atoms with Crippen molar-refractivity contribution in [3.63, 3.8) is 0 Å². The number of hydrogen-bond donors (Lipinski definition) is 4.